The molecule has 20 heavy (non-hydrogen) atoms. The Labute approximate surface area is 124 Å². The molecule has 1 saturated carbocycles. The monoisotopic (exact) mass is 271 g/mol. The maximum atomic E-state index is 4.05. The van der Waals surface area contributed by atoms with Crippen LogP contribution in [0.4, 0.5) is 0 Å². The average Bonchev–Trinajstić information content (AvgIpc) is 2.48. The Morgan fingerprint density at radius 2 is 1.80 bits per heavy atom. The molecule has 0 heterocycles. The lowest BCUT2D eigenvalue weighted by atomic mass is 9.76. The van der Waals surface area contributed by atoms with E-state index in [1.807, 2.05) is 0 Å². The topological polar surface area (TPSA) is 12.0 Å². The highest BCUT2D eigenvalue weighted by Gasteiger charge is 2.30. The predicted octanol–water partition coefficient (Wildman–Crippen LogP) is 4.87. The molecule has 0 saturated heterocycles. The Bertz CT molecular complexity index is 437. The molecule has 3 rings (SSSR count). The summed E-state index contributed by atoms with van der Waals surface area (Å²) in [5.41, 5.74) is 3.15. The summed E-state index contributed by atoms with van der Waals surface area (Å²) >= 11 is 0. The summed E-state index contributed by atoms with van der Waals surface area (Å²) in [5.74, 6) is 1.68. The van der Waals surface area contributed by atoms with E-state index in [0.29, 0.717) is 6.04 Å². The zero-order valence-electron chi connectivity index (χ0n) is 13.1. The van der Waals surface area contributed by atoms with Gasteiger partial charge in [0, 0.05) is 12.1 Å². The molecular weight excluding hydrogens is 242 g/mol. The lowest BCUT2D eigenvalue weighted by Gasteiger charge is -2.39. The molecule has 0 aliphatic heterocycles. The molecule has 3 atom stereocenters. The smallest absolute Gasteiger partial charge is 0.0325 e. The van der Waals surface area contributed by atoms with E-state index >= 15 is 0 Å². The third-order valence-corrected chi connectivity index (χ3v) is 5.46. The lowest BCUT2D eigenvalue weighted by Crippen LogP contribution is -2.43. The van der Waals surface area contributed by atoms with E-state index in [9.17, 15) is 0 Å². The van der Waals surface area contributed by atoms with Gasteiger partial charge in [0.15, 0.2) is 0 Å². The molecule has 1 nitrogen and oxygen atoms in total. The number of hydrogen-bond acceptors (Lipinski definition) is 1. The van der Waals surface area contributed by atoms with Gasteiger partial charge in [0.1, 0.15) is 0 Å². The van der Waals surface area contributed by atoms with Crippen LogP contribution in [0.15, 0.2) is 24.3 Å². The fraction of sp³-hybridized carbons (Fsp3) is 0.684. The molecule has 1 aromatic rings. The van der Waals surface area contributed by atoms with Gasteiger partial charge in [0.25, 0.3) is 0 Å². The van der Waals surface area contributed by atoms with E-state index in [0.717, 1.165) is 17.9 Å². The third kappa shape index (κ3) is 2.93. The Morgan fingerprint density at radius 3 is 2.65 bits per heavy atom. The van der Waals surface area contributed by atoms with Gasteiger partial charge in [0.2, 0.25) is 0 Å². The molecule has 110 valence electrons. The summed E-state index contributed by atoms with van der Waals surface area (Å²) in [5, 5.41) is 4.05. The summed E-state index contributed by atoms with van der Waals surface area (Å²) in [4.78, 5) is 0. The highest BCUT2D eigenvalue weighted by atomic mass is 15.0. The highest BCUT2D eigenvalue weighted by molar-refractivity contribution is 5.32. The number of rotatable bonds is 3. The minimum absolute atomic E-state index is 0.601. The van der Waals surface area contributed by atoms with Crippen molar-refractivity contribution in [1.82, 2.24) is 5.32 Å². The zero-order chi connectivity index (χ0) is 13.9. The van der Waals surface area contributed by atoms with Gasteiger partial charge in [0.05, 0.1) is 0 Å². The number of benzene rings is 1. The molecule has 1 heteroatoms. The summed E-state index contributed by atoms with van der Waals surface area (Å²) in [6.07, 6.45) is 9.57. The molecule has 0 bridgehead atoms. The maximum absolute atomic E-state index is 4.05. The van der Waals surface area contributed by atoms with Gasteiger partial charge in [-0.1, -0.05) is 51.0 Å². The van der Waals surface area contributed by atoms with Crippen molar-refractivity contribution < 1.29 is 0 Å². The van der Waals surface area contributed by atoms with Crippen molar-refractivity contribution in [3.05, 3.63) is 35.4 Å². The van der Waals surface area contributed by atoms with Crippen molar-refractivity contribution in [3.8, 4) is 0 Å². The van der Waals surface area contributed by atoms with Crippen LogP contribution in [0.3, 0.4) is 0 Å². The minimum atomic E-state index is 0.601. The van der Waals surface area contributed by atoms with Gasteiger partial charge >= 0.3 is 0 Å². The van der Waals surface area contributed by atoms with Crippen LogP contribution in [-0.4, -0.2) is 6.04 Å². The average molecular weight is 271 g/mol. The second-order valence-corrected chi connectivity index (χ2v) is 7.11. The summed E-state index contributed by atoms with van der Waals surface area (Å²) in [7, 11) is 0. The standard InChI is InChI=1S/C19H29N/c1-14(2)16-10-5-6-12-18(16)20-19-13-7-9-15-8-3-4-11-17(15)19/h3-4,8,11,14,16,18-20H,5-7,9-10,12-13H2,1-2H3. The van der Waals surface area contributed by atoms with Gasteiger partial charge in [-0.2, -0.15) is 0 Å². The Balaban J connectivity index is 1.74. The first-order valence-electron chi connectivity index (χ1n) is 8.59. The highest BCUT2D eigenvalue weighted by Crippen LogP contribution is 2.35. The van der Waals surface area contributed by atoms with Crippen molar-refractivity contribution in [3.63, 3.8) is 0 Å². The van der Waals surface area contributed by atoms with E-state index in [4.69, 9.17) is 0 Å². The molecule has 2 aliphatic carbocycles. The van der Waals surface area contributed by atoms with Crippen LogP contribution >= 0.6 is 0 Å². The molecule has 0 amide bonds. The van der Waals surface area contributed by atoms with Crippen molar-refractivity contribution in [2.24, 2.45) is 11.8 Å². The molecular formula is C19H29N. The van der Waals surface area contributed by atoms with E-state index in [-0.39, 0.29) is 0 Å². The zero-order valence-corrected chi connectivity index (χ0v) is 13.1. The number of hydrogen-bond donors (Lipinski definition) is 1. The molecule has 1 N–H and O–H groups in total. The first kappa shape index (κ1) is 14.1. The van der Waals surface area contributed by atoms with Gasteiger partial charge < -0.3 is 5.32 Å². The minimum Gasteiger partial charge on any atom is -0.307 e. The van der Waals surface area contributed by atoms with Crippen LogP contribution in [0.25, 0.3) is 0 Å². The second kappa shape index (κ2) is 6.30. The molecule has 2 aliphatic rings. The van der Waals surface area contributed by atoms with Crippen molar-refractivity contribution in [1.29, 1.82) is 0 Å². The first-order valence-corrected chi connectivity index (χ1v) is 8.59. The van der Waals surface area contributed by atoms with Crippen molar-refractivity contribution in [2.75, 3.05) is 0 Å². The van der Waals surface area contributed by atoms with Gasteiger partial charge in [-0.25, -0.2) is 0 Å². The Hall–Kier alpha value is -0.820. The molecule has 0 radical (unpaired) electrons. The van der Waals surface area contributed by atoms with Gasteiger partial charge in [-0.05, 0) is 55.1 Å². The first-order chi connectivity index (χ1) is 9.75. The molecule has 0 aromatic heterocycles. The maximum Gasteiger partial charge on any atom is 0.0325 e. The van der Waals surface area contributed by atoms with E-state index in [2.05, 4.69) is 43.4 Å². The number of nitrogens with one attached hydrogen (secondary N) is 1. The molecule has 1 fully saturated rings. The van der Waals surface area contributed by atoms with Gasteiger partial charge in [-0.15, -0.1) is 0 Å². The Kier molecular flexibility index (Phi) is 4.45. The predicted molar refractivity (Wildman–Crippen MR) is 85.8 cm³/mol. The largest absolute Gasteiger partial charge is 0.307 e. The second-order valence-electron chi connectivity index (χ2n) is 7.11. The van der Waals surface area contributed by atoms with E-state index in [1.54, 1.807) is 11.1 Å². The van der Waals surface area contributed by atoms with Crippen LogP contribution in [0.2, 0.25) is 0 Å². The molecule has 0 spiro atoms. The van der Waals surface area contributed by atoms with Crippen LogP contribution < -0.4 is 5.32 Å². The fourth-order valence-electron chi connectivity index (χ4n) is 4.35. The normalized spacial score (nSPS) is 30.2. The van der Waals surface area contributed by atoms with Crippen LogP contribution in [-0.2, 0) is 6.42 Å². The summed E-state index contributed by atoms with van der Waals surface area (Å²) in [6.45, 7) is 4.80. The van der Waals surface area contributed by atoms with Crippen LogP contribution in [0.1, 0.15) is 69.5 Å². The van der Waals surface area contributed by atoms with E-state index in [1.165, 1.54) is 44.9 Å². The lowest BCUT2D eigenvalue weighted by molar-refractivity contribution is 0.187. The van der Waals surface area contributed by atoms with Crippen LogP contribution in [0.5, 0.6) is 0 Å². The summed E-state index contributed by atoms with van der Waals surface area (Å²) < 4.78 is 0. The Morgan fingerprint density at radius 1 is 1.00 bits per heavy atom. The van der Waals surface area contributed by atoms with Crippen molar-refractivity contribution >= 4 is 0 Å². The van der Waals surface area contributed by atoms with Gasteiger partial charge in [-0.3, -0.25) is 0 Å². The molecule has 3 unspecified atom stereocenters. The quantitative estimate of drug-likeness (QED) is 0.827. The number of aryl methyl sites for hydroxylation is 1. The SMILES string of the molecule is CC(C)C1CCCCC1NC1CCCc2ccccc21. The third-order valence-electron chi connectivity index (χ3n) is 5.46. The van der Waals surface area contributed by atoms with Crippen molar-refractivity contribution in [2.45, 2.75) is 70.9 Å². The van der Waals surface area contributed by atoms with E-state index < -0.39 is 0 Å². The molecule has 1 aromatic carbocycles. The van der Waals surface area contributed by atoms with Crippen LogP contribution in [0, 0.1) is 11.8 Å². The fourth-order valence-corrected chi connectivity index (χ4v) is 4.35. The summed E-state index contributed by atoms with van der Waals surface area (Å²) in [6, 6.07) is 10.4. The number of fused-ring (bicyclic) bond motifs is 1.